The summed E-state index contributed by atoms with van der Waals surface area (Å²) in [5, 5.41) is 7.32. The molecule has 1 saturated heterocycles. The minimum absolute atomic E-state index is 0.328. The third-order valence-electron chi connectivity index (χ3n) is 3.99. The monoisotopic (exact) mass is 226 g/mol. The zero-order valence-corrected chi connectivity index (χ0v) is 10.7. The van der Waals surface area contributed by atoms with Crippen LogP contribution < -0.4 is 10.6 Å². The van der Waals surface area contributed by atoms with E-state index in [1.807, 2.05) is 0 Å². The van der Waals surface area contributed by atoms with Crippen LogP contribution in [0.1, 0.15) is 46.0 Å². The molecule has 0 spiro atoms. The fraction of sp³-hybridized carbons (Fsp3) is 1.00. The highest BCUT2D eigenvalue weighted by atomic mass is 16.5. The Morgan fingerprint density at radius 1 is 1.38 bits per heavy atom. The first-order chi connectivity index (χ1) is 7.72. The second-order valence-corrected chi connectivity index (χ2v) is 5.57. The molecule has 1 atom stereocenters. The fourth-order valence-electron chi connectivity index (χ4n) is 2.74. The highest BCUT2D eigenvalue weighted by molar-refractivity contribution is 4.93. The van der Waals surface area contributed by atoms with Crippen LogP contribution in [0.25, 0.3) is 0 Å². The fourth-order valence-corrected chi connectivity index (χ4v) is 2.74. The summed E-state index contributed by atoms with van der Waals surface area (Å²) < 4.78 is 5.57. The summed E-state index contributed by atoms with van der Waals surface area (Å²) in [5.74, 6) is 0. The molecular formula is C13H26N2O. The molecule has 1 heterocycles. The van der Waals surface area contributed by atoms with Gasteiger partial charge in [-0.05, 0) is 46.1 Å². The normalized spacial score (nSPS) is 39.4. The van der Waals surface area contributed by atoms with E-state index >= 15 is 0 Å². The second kappa shape index (κ2) is 5.48. The van der Waals surface area contributed by atoms with Crippen molar-refractivity contribution in [3.63, 3.8) is 0 Å². The molecule has 0 aromatic heterocycles. The van der Waals surface area contributed by atoms with Crippen molar-refractivity contribution in [3.05, 3.63) is 0 Å². The molecule has 1 saturated carbocycles. The Balaban J connectivity index is 1.61. The molecule has 0 aromatic rings. The summed E-state index contributed by atoms with van der Waals surface area (Å²) in [6, 6.07) is 0.692. The minimum Gasteiger partial charge on any atom is -0.378 e. The third kappa shape index (κ3) is 3.19. The average Bonchev–Trinajstić information content (AvgIpc) is 2.22. The number of hydrogen-bond donors (Lipinski definition) is 2. The molecular weight excluding hydrogens is 200 g/mol. The SMILES string of the molecule is CCOC1CC(NCC2(C)CCCCN2)C1. The van der Waals surface area contributed by atoms with Gasteiger partial charge >= 0.3 is 0 Å². The van der Waals surface area contributed by atoms with Crippen molar-refractivity contribution >= 4 is 0 Å². The predicted octanol–water partition coefficient (Wildman–Crippen LogP) is 1.68. The van der Waals surface area contributed by atoms with Gasteiger partial charge in [0.25, 0.3) is 0 Å². The van der Waals surface area contributed by atoms with Gasteiger partial charge in [0.05, 0.1) is 6.10 Å². The molecule has 94 valence electrons. The van der Waals surface area contributed by atoms with Crippen molar-refractivity contribution in [1.29, 1.82) is 0 Å². The highest BCUT2D eigenvalue weighted by Gasteiger charge is 2.32. The maximum atomic E-state index is 5.57. The summed E-state index contributed by atoms with van der Waals surface area (Å²) in [5.41, 5.74) is 0.328. The Hall–Kier alpha value is -0.120. The van der Waals surface area contributed by atoms with E-state index in [0.29, 0.717) is 17.7 Å². The molecule has 2 aliphatic rings. The van der Waals surface area contributed by atoms with Gasteiger partial charge in [0.2, 0.25) is 0 Å². The van der Waals surface area contributed by atoms with Crippen LogP contribution in [0, 0.1) is 0 Å². The Kier molecular flexibility index (Phi) is 4.22. The van der Waals surface area contributed by atoms with Gasteiger partial charge in [-0.1, -0.05) is 6.42 Å². The van der Waals surface area contributed by atoms with Crippen LogP contribution in [0.4, 0.5) is 0 Å². The molecule has 0 bridgehead atoms. The van der Waals surface area contributed by atoms with E-state index in [4.69, 9.17) is 4.74 Å². The van der Waals surface area contributed by atoms with Crippen molar-refractivity contribution in [3.8, 4) is 0 Å². The van der Waals surface area contributed by atoms with Crippen LogP contribution in [0.15, 0.2) is 0 Å². The summed E-state index contributed by atoms with van der Waals surface area (Å²) in [7, 11) is 0. The van der Waals surface area contributed by atoms with E-state index in [1.54, 1.807) is 0 Å². The molecule has 2 fully saturated rings. The lowest BCUT2D eigenvalue weighted by Crippen LogP contribution is -2.56. The van der Waals surface area contributed by atoms with Crippen molar-refractivity contribution in [2.45, 2.75) is 63.6 Å². The lowest BCUT2D eigenvalue weighted by molar-refractivity contribution is -0.0115. The molecule has 2 N–H and O–H groups in total. The van der Waals surface area contributed by atoms with Crippen LogP contribution in [0.5, 0.6) is 0 Å². The summed E-state index contributed by atoms with van der Waals surface area (Å²) >= 11 is 0. The first kappa shape index (κ1) is 12.3. The molecule has 3 heteroatoms. The first-order valence-electron chi connectivity index (χ1n) is 6.82. The molecule has 0 amide bonds. The molecule has 2 rings (SSSR count). The highest BCUT2D eigenvalue weighted by Crippen LogP contribution is 2.24. The maximum absolute atomic E-state index is 5.57. The van der Waals surface area contributed by atoms with Gasteiger partial charge in [0, 0.05) is 24.7 Å². The first-order valence-corrected chi connectivity index (χ1v) is 6.82. The topological polar surface area (TPSA) is 33.3 Å². The standard InChI is InChI=1S/C13H26N2O/c1-3-16-12-8-11(9-12)14-10-13(2)6-4-5-7-15-13/h11-12,14-15H,3-10H2,1-2H3. The van der Waals surface area contributed by atoms with E-state index in [0.717, 1.165) is 13.2 Å². The largest absolute Gasteiger partial charge is 0.378 e. The van der Waals surface area contributed by atoms with Gasteiger partial charge < -0.3 is 15.4 Å². The molecule has 1 aliphatic heterocycles. The molecule has 0 radical (unpaired) electrons. The van der Waals surface area contributed by atoms with Gasteiger partial charge in [-0.15, -0.1) is 0 Å². The lowest BCUT2D eigenvalue weighted by atomic mass is 9.86. The van der Waals surface area contributed by atoms with Crippen LogP contribution in [-0.2, 0) is 4.74 Å². The van der Waals surface area contributed by atoms with Crippen LogP contribution >= 0.6 is 0 Å². The van der Waals surface area contributed by atoms with E-state index in [1.165, 1.54) is 38.6 Å². The second-order valence-electron chi connectivity index (χ2n) is 5.57. The zero-order valence-electron chi connectivity index (χ0n) is 10.7. The van der Waals surface area contributed by atoms with Crippen molar-refractivity contribution in [2.75, 3.05) is 19.7 Å². The maximum Gasteiger partial charge on any atom is 0.0604 e. The van der Waals surface area contributed by atoms with Crippen molar-refractivity contribution in [1.82, 2.24) is 10.6 Å². The van der Waals surface area contributed by atoms with Gasteiger partial charge in [0.15, 0.2) is 0 Å². The third-order valence-corrected chi connectivity index (χ3v) is 3.99. The van der Waals surface area contributed by atoms with E-state index in [9.17, 15) is 0 Å². The van der Waals surface area contributed by atoms with Crippen LogP contribution in [0.3, 0.4) is 0 Å². The number of hydrogen-bond acceptors (Lipinski definition) is 3. The van der Waals surface area contributed by atoms with E-state index in [2.05, 4.69) is 24.5 Å². The predicted molar refractivity (Wildman–Crippen MR) is 66.7 cm³/mol. The van der Waals surface area contributed by atoms with Crippen LogP contribution in [0.2, 0.25) is 0 Å². The molecule has 1 unspecified atom stereocenters. The average molecular weight is 226 g/mol. The van der Waals surface area contributed by atoms with Gasteiger partial charge in [0.1, 0.15) is 0 Å². The zero-order chi connectivity index (χ0) is 11.4. The van der Waals surface area contributed by atoms with Gasteiger partial charge in [-0.25, -0.2) is 0 Å². The number of nitrogens with one attached hydrogen (secondary N) is 2. The Labute approximate surface area is 99.3 Å². The lowest BCUT2D eigenvalue weighted by Gasteiger charge is -2.40. The molecule has 1 aliphatic carbocycles. The van der Waals surface area contributed by atoms with Crippen molar-refractivity contribution in [2.24, 2.45) is 0 Å². The summed E-state index contributed by atoms with van der Waals surface area (Å²) in [4.78, 5) is 0. The number of rotatable bonds is 5. The van der Waals surface area contributed by atoms with E-state index < -0.39 is 0 Å². The van der Waals surface area contributed by atoms with Crippen LogP contribution in [-0.4, -0.2) is 37.4 Å². The Morgan fingerprint density at radius 3 is 2.81 bits per heavy atom. The number of piperidine rings is 1. The molecule has 3 nitrogen and oxygen atoms in total. The van der Waals surface area contributed by atoms with E-state index in [-0.39, 0.29) is 0 Å². The Morgan fingerprint density at radius 2 is 2.19 bits per heavy atom. The van der Waals surface area contributed by atoms with Gasteiger partial charge in [-0.3, -0.25) is 0 Å². The smallest absolute Gasteiger partial charge is 0.0604 e. The summed E-state index contributed by atoms with van der Waals surface area (Å²) in [6.07, 6.45) is 6.94. The summed E-state index contributed by atoms with van der Waals surface area (Å²) in [6.45, 7) is 7.57. The molecule has 16 heavy (non-hydrogen) atoms. The quantitative estimate of drug-likeness (QED) is 0.748. The Bertz CT molecular complexity index is 208. The van der Waals surface area contributed by atoms with Gasteiger partial charge in [-0.2, -0.15) is 0 Å². The molecule has 0 aromatic carbocycles. The number of ether oxygens (including phenoxy) is 1. The minimum atomic E-state index is 0.328. The van der Waals surface area contributed by atoms with Crippen molar-refractivity contribution < 1.29 is 4.74 Å².